The van der Waals surface area contributed by atoms with Crippen molar-refractivity contribution in [2.45, 2.75) is 12.5 Å². The number of carbonyl (C=O) groups is 1. The fourth-order valence-electron chi connectivity index (χ4n) is 2.69. The zero-order chi connectivity index (χ0) is 19.2. The number of ether oxygens (including phenoxy) is 1. The summed E-state index contributed by atoms with van der Waals surface area (Å²) in [4.78, 5) is 19.9. The lowest BCUT2D eigenvalue weighted by Gasteiger charge is -2.17. The highest BCUT2D eigenvalue weighted by Gasteiger charge is 2.16. The Morgan fingerprint density at radius 1 is 1.11 bits per heavy atom. The van der Waals surface area contributed by atoms with Gasteiger partial charge in [-0.05, 0) is 35.9 Å². The van der Waals surface area contributed by atoms with Crippen molar-refractivity contribution in [2.75, 3.05) is 18.2 Å². The third-order valence-electron chi connectivity index (χ3n) is 4.14. The van der Waals surface area contributed by atoms with Gasteiger partial charge in [0.1, 0.15) is 11.8 Å². The molecule has 0 spiro atoms. The van der Waals surface area contributed by atoms with Gasteiger partial charge >= 0.3 is 0 Å². The maximum absolute atomic E-state index is 11.9. The number of hydrogen-bond donors (Lipinski definition) is 3. The van der Waals surface area contributed by atoms with Crippen molar-refractivity contribution in [1.82, 2.24) is 9.97 Å². The van der Waals surface area contributed by atoms with Crippen LogP contribution in [0.2, 0.25) is 0 Å². The lowest BCUT2D eigenvalue weighted by atomic mass is 10.0. The van der Waals surface area contributed by atoms with Crippen LogP contribution in [0.4, 0.5) is 11.6 Å². The SMILES string of the molecule is COc1ccc(C[C@@H](Nc2ccc(-c3ccnc(N)n3)cc2)C(N)=O)cc1. The number of carbonyl (C=O) groups excluding carboxylic acids is 1. The molecule has 7 nitrogen and oxygen atoms in total. The number of nitrogens with two attached hydrogens (primary N) is 2. The summed E-state index contributed by atoms with van der Waals surface area (Å²) in [6, 6.07) is 16.3. The van der Waals surface area contributed by atoms with E-state index >= 15 is 0 Å². The Morgan fingerprint density at radius 2 is 1.81 bits per heavy atom. The molecule has 0 saturated carbocycles. The number of primary amides is 1. The number of hydrogen-bond acceptors (Lipinski definition) is 6. The van der Waals surface area contributed by atoms with E-state index < -0.39 is 11.9 Å². The quantitative estimate of drug-likeness (QED) is 0.593. The van der Waals surface area contributed by atoms with Crippen molar-refractivity contribution >= 4 is 17.5 Å². The first-order valence-corrected chi connectivity index (χ1v) is 8.43. The van der Waals surface area contributed by atoms with Gasteiger partial charge in [0.05, 0.1) is 12.8 Å². The van der Waals surface area contributed by atoms with E-state index in [0.717, 1.165) is 28.3 Å². The molecular weight excluding hydrogens is 342 g/mol. The molecule has 0 unspecified atom stereocenters. The van der Waals surface area contributed by atoms with E-state index in [1.54, 1.807) is 19.4 Å². The smallest absolute Gasteiger partial charge is 0.240 e. The van der Waals surface area contributed by atoms with E-state index in [0.29, 0.717) is 6.42 Å². The highest BCUT2D eigenvalue weighted by atomic mass is 16.5. The van der Waals surface area contributed by atoms with Gasteiger partial charge in [0.25, 0.3) is 0 Å². The Bertz CT molecular complexity index is 910. The summed E-state index contributed by atoms with van der Waals surface area (Å²) >= 11 is 0. The second-order valence-corrected chi connectivity index (χ2v) is 6.03. The molecule has 0 fully saturated rings. The van der Waals surface area contributed by atoms with Gasteiger partial charge in [0.2, 0.25) is 11.9 Å². The zero-order valence-electron chi connectivity index (χ0n) is 14.9. The molecule has 0 aliphatic rings. The van der Waals surface area contributed by atoms with Crippen LogP contribution < -0.4 is 21.5 Å². The lowest BCUT2D eigenvalue weighted by Crippen LogP contribution is -2.37. The van der Waals surface area contributed by atoms with Gasteiger partial charge in [-0.15, -0.1) is 0 Å². The normalized spacial score (nSPS) is 11.6. The number of nitrogen functional groups attached to an aromatic ring is 1. The summed E-state index contributed by atoms with van der Waals surface area (Å²) in [6.45, 7) is 0. The molecule has 0 saturated heterocycles. The average Bonchev–Trinajstić information content (AvgIpc) is 2.68. The van der Waals surface area contributed by atoms with Crippen LogP contribution in [0.25, 0.3) is 11.3 Å². The number of amides is 1. The highest BCUT2D eigenvalue weighted by molar-refractivity contribution is 5.83. The van der Waals surface area contributed by atoms with Gasteiger partial charge in [0.15, 0.2) is 0 Å². The Labute approximate surface area is 157 Å². The van der Waals surface area contributed by atoms with Crippen LogP contribution in [-0.2, 0) is 11.2 Å². The summed E-state index contributed by atoms with van der Waals surface area (Å²) in [5, 5.41) is 3.18. The number of anilines is 2. The minimum absolute atomic E-state index is 0.225. The molecule has 5 N–H and O–H groups in total. The monoisotopic (exact) mass is 363 g/mol. The van der Waals surface area contributed by atoms with Crippen LogP contribution in [0.1, 0.15) is 5.56 Å². The third-order valence-corrected chi connectivity index (χ3v) is 4.14. The van der Waals surface area contributed by atoms with Gasteiger partial charge in [-0.25, -0.2) is 9.97 Å². The molecule has 1 heterocycles. The van der Waals surface area contributed by atoms with Crippen molar-refractivity contribution in [2.24, 2.45) is 5.73 Å². The van der Waals surface area contributed by atoms with Crippen molar-refractivity contribution in [3.8, 4) is 17.0 Å². The molecule has 2 aromatic carbocycles. The van der Waals surface area contributed by atoms with E-state index in [9.17, 15) is 4.79 Å². The highest BCUT2D eigenvalue weighted by Crippen LogP contribution is 2.21. The molecule has 1 amide bonds. The molecule has 0 bridgehead atoms. The van der Waals surface area contributed by atoms with Gasteiger partial charge in [-0.1, -0.05) is 24.3 Å². The largest absolute Gasteiger partial charge is 0.497 e. The van der Waals surface area contributed by atoms with Crippen molar-refractivity contribution in [3.05, 3.63) is 66.4 Å². The summed E-state index contributed by atoms with van der Waals surface area (Å²) < 4.78 is 5.15. The fraction of sp³-hybridized carbons (Fsp3) is 0.150. The molecule has 0 radical (unpaired) electrons. The van der Waals surface area contributed by atoms with Crippen LogP contribution in [0, 0.1) is 0 Å². The van der Waals surface area contributed by atoms with Gasteiger partial charge in [-0.3, -0.25) is 4.79 Å². The van der Waals surface area contributed by atoms with E-state index in [2.05, 4.69) is 15.3 Å². The Balaban J connectivity index is 1.71. The summed E-state index contributed by atoms with van der Waals surface area (Å²) in [6.07, 6.45) is 2.09. The maximum Gasteiger partial charge on any atom is 0.240 e. The van der Waals surface area contributed by atoms with Crippen molar-refractivity contribution in [1.29, 1.82) is 0 Å². The van der Waals surface area contributed by atoms with E-state index in [1.807, 2.05) is 48.5 Å². The lowest BCUT2D eigenvalue weighted by molar-refractivity contribution is -0.118. The van der Waals surface area contributed by atoms with E-state index in [-0.39, 0.29) is 5.95 Å². The first kappa shape index (κ1) is 18.2. The molecule has 138 valence electrons. The molecule has 3 rings (SSSR count). The van der Waals surface area contributed by atoms with Crippen LogP contribution >= 0.6 is 0 Å². The van der Waals surface area contributed by atoms with Crippen LogP contribution in [0.5, 0.6) is 5.75 Å². The Hall–Kier alpha value is -3.61. The third kappa shape index (κ3) is 4.72. The first-order valence-electron chi connectivity index (χ1n) is 8.43. The number of aromatic nitrogens is 2. The molecule has 0 aliphatic carbocycles. The summed E-state index contributed by atoms with van der Waals surface area (Å²) in [5.41, 5.74) is 14.6. The summed E-state index contributed by atoms with van der Waals surface area (Å²) in [5.74, 6) is 0.574. The zero-order valence-corrected chi connectivity index (χ0v) is 14.9. The number of nitrogens with zero attached hydrogens (tertiary/aromatic N) is 2. The predicted molar refractivity (Wildman–Crippen MR) is 105 cm³/mol. The van der Waals surface area contributed by atoms with Crippen molar-refractivity contribution in [3.63, 3.8) is 0 Å². The Morgan fingerprint density at radius 3 is 2.41 bits per heavy atom. The Kier molecular flexibility index (Phi) is 5.51. The van der Waals surface area contributed by atoms with Gasteiger partial charge in [0, 0.05) is 23.9 Å². The fourth-order valence-corrected chi connectivity index (χ4v) is 2.69. The molecule has 3 aromatic rings. The minimum atomic E-state index is -0.529. The molecule has 0 aliphatic heterocycles. The molecule has 7 heteroatoms. The number of rotatable bonds is 7. The molecule has 27 heavy (non-hydrogen) atoms. The minimum Gasteiger partial charge on any atom is -0.497 e. The molecule has 1 atom stereocenters. The van der Waals surface area contributed by atoms with E-state index in [4.69, 9.17) is 16.2 Å². The average molecular weight is 363 g/mol. The van der Waals surface area contributed by atoms with Crippen molar-refractivity contribution < 1.29 is 9.53 Å². The number of benzene rings is 2. The second kappa shape index (κ2) is 8.18. The van der Waals surface area contributed by atoms with Crippen LogP contribution in [-0.4, -0.2) is 29.0 Å². The van der Waals surface area contributed by atoms with Crippen LogP contribution in [0.15, 0.2) is 60.8 Å². The van der Waals surface area contributed by atoms with Gasteiger partial charge < -0.3 is 21.5 Å². The second-order valence-electron chi connectivity index (χ2n) is 6.03. The predicted octanol–water partition coefficient (Wildman–Crippen LogP) is 2.24. The number of nitrogens with one attached hydrogen (secondary N) is 1. The first-order chi connectivity index (χ1) is 13.0. The van der Waals surface area contributed by atoms with Crippen LogP contribution in [0.3, 0.4) is 0 Å². The topological polar surface area (TPSA) is 116 Å². The molecule has 1 aromatic heterocycles. The number of methoxy groups -OCH3 is 1. The van der Waals surface area contributed by atoms with Gasteiger partial charge in [-0.2, -0.15) is 0 Å². The maximum atomic E-state index is 11.9. The standard InChI is InChI=1S/C20H21N5O2/c1-27-16-8-2-13(3-9-16)12-18(19(21)26)24-15-6-4-14(5-7-15)17-10-11-23-20(22)25-17/h2-11,18,24H,12H2,1H3,(H2,21,26)(H2,22,23,25)/t18-/m1/s1. The molecular formula is C20H21N5O2. The summed E-state index contributed by atoms with van der Waals surface area (Å²) in [7, 11) is 1.61. The van der Waals surface area contributed by atoms with E-state index in [1.165, 1.54) is 0 Å².